The summed E-state index contributed by atoms with van der Waals surface area (Å²) in [5, 5.41) is 7.63. The van der Waals surface area contributed by atoms with Gasteiger partial charge in [-0.05, 0) is 42.2 Å². The molecule has 4 aromatic rings. The lowest BCUT2D eigenvalue weighted by atomic mass is 10.0. The summed E-state index contributed by atoms with van der Waals surface area (Å²) in [6, 6.07) is 19.3. The molecule has 3 aromatic carbocycles. The van der Waals surface area contributed by atoms with Crippen molar-refractivity contribution in [3.8, 4) is 0 Å². The SMILES string of the molecule is CC(=O)c1nn(CC(=O)N(CC(=O)NCc2cccc(Cl)c2F)C2CC2)c2ccc(CC(=O)Cc3ccccc3)cc12. The Kier molecular flexibility index (Phi) is 8.77. The first kappa shape index (κ1) is 29.1. The Labute approximate surface area is 247 Å². The molecule has 5 rings (SSSR count). The maximum absolute atomic E-state index is 14.2. The number of carbonyl (C=O) groups excluding carboxylic acids is 4. The fraction of sp³-hybridized carbons (Fsp3) is 0.281. The molecular weight excluding hydrogens is 559 g/mol. The van der Waals surface area contributed by atoms with Crippen LogP contribution in [0.2, 0.25) is 5.02 Å². The summed E-state index contributed by atoms with van der Waals surface area (Å²) in [6.07, 6.45) is 2.07. The van der Waals surface area contributed by atoms with Crippen molar-refractivity contribution in [1.29, 1.82) is 0 Å². The average Bonchev–Trinajstić information content (AvgIpc) is 3.74. The third kappa shape index (κ3) is 6.91. The lowest BCUT2D eigenvalue weighted by Gasteiger charge is -2.22. The highest BCUT2D eigenvalue weighted by atomic mass is 35.5. The van der Waals surface area contributed by atoms with E-state index in [2.05, 4.69) is 10.4 Å². The lowest BCUT2D eigenvalue weighted by Crippen LogP contribution is -2.43. The van der Waals surface area contributed by atoms with E-state index in [-0.39, 0.29) is 65.9 Å². The second-order valence-corrected chi connectivity index (χ2v) is 10.9. The monoisotopic (exact) mass is 588 g/mol. The topological polar surface area (TPSA) is 101 Å². The van der Waals surface area contributed by atoms with Crippen LogP contribution in [0.25, 0.3) is 10.9 Å². The first-order valence-electron chi connectivity index (χ1n) is 13.7. The second-order valence-electron chi connectivity index (χ2n) is 10.5. The average molecular weight is 589 g/mol. The molecule has 0 spiro atoms. The normalized spacial score (nSPS) is 12.7. The van der Waals surface area contributed by atoms with E-state index in [0.717, 1.165) is 24.0 Å². The minimum atomic E-state index is -0.592. The van der Waals surface area contributed by atoms with Gasteiger partial charge in [-0.2, -0.15) is 5.10 Å². The maximum atomic E-state index is 14.2. The molecule has 2 amide bonds. The van der Waals surface area contributed by atoms with Crippen LogP contribution in [0.1, 0.15) is 46.9 Å². The zero-order valence-corrected chi connectivity index (χ0v) is 23.9. The Hall–Kier alpha value is -4.37. The molecule has 0 radical (unpaired) electrons. The van der Waals surface area contributed by atoms with Crippen molar-refractivity contribution >= 4 is 45.9 Å². The highest BCUT2D eigenvalue weighted by Gasteiger charge is 2.34. The van der Waals surface area contributed by atoms with Crippen LogP contribution in [0.4, 0.5) is 4.39 Å². The Morgan fingerprint density at radius 1 is 1.00 bits per heavy atom. The van der Waals surface area contributed by atoms with E-state index >= 15 is 0 Å². The van der Waals surface area contributed by atoms with Gasteiger partial charge in [-0.25, -0.2) is 4.39 Å². The van der Waals surface area contributed by atoms with E-state index in [1.807, 2.05) is 30.3 Å². The van der Waals surface area contributed by atoms with Crippen molar-refractivity contribution in [2.45, 2.75) is 51.7 Å². The number of aromatic nitrogens is 2. The van der Waals surface area contributed by atoms with Gasteiger partial charge in [0.1, 0.15) is 23.8 Å². The highest BCUT2D eigenvalue weighted by Crippen LogP contribution is 2.28. The highest BCUT2D eigenvalue weighted by molar-refractivity contribution is 6.30. The largest absolute Gasteiger partial charge is 0.350 e. The van der Waals surface area contributed by atoms with Crippen molar-refractivity contribution in [2.75, 3.05) is 6.54 Å². The van der Waals surface area contributed by atoms with Gasteiger partial charge in [0.05, 0.1) is 17.1 Å². The van der Waals surface area contributed by atoms with Gasteiger partial charge in [0, 0.05) is 43.3 Å². The van der Waals surface area contributed by atoms with Crippen molar-refractivity contribution in [3.63, 3.8) is 0 Å². The number of nitrogens with one attached hydrogen (secondary N) is 1. The molecule has 1 N–H and O–H groups in total. The third-order valence-electron chi connectivity index (χ3n) is 7.21. The predicted molar refractivity (Wildman–Crippen MR) is 157 cm³/mol. The van der Waals surface area contributed by atoms with Crippen LogP contribution < -0.4 is 5.32 Å². The van der Waals surface area contributed by atoms with Gasteiger partial charge < -0.3 is 10.2 Å². The standard InChI is InChI=1S/C32H30ClFN4O4/c1-20(39)32-26-16-22(15-25(40)14-21-6-3-2-4-7-21)10-13-28(26)38(36-32)19-30(42)37(24-11-12-24)18-29(41)35-17-23-8-5-9-27(33)31(23)34/h2-10,13,16,24H,11-12,14-15,17-19H2,1H3,(H,35,41). The van der Waals surface area contributed by atoms with Crippen LogP contribution in [0.5, 0.6) is 0 Å². The van der Waals surface area contributed by atoms with Crippen molar-refractivity contribution in [1.82, 2.24) is 20.0 Å². The van der Waals surface area contributed by atoms with Crippen LogP contribution in [0.3, 0.4) is 0 Å². The molecule has 10 heteroatoms. The van der Waals surface area contributed by atoms with Crippen LogP contribution >= 0.6 is 11.6 Å². The molecule has 42 heavy (non-hydrogen) atoms. The molecule has 8 nitrogen and oxygen atoms in total. The van der Waals surface area contributed by atoms with E-state index in [1.165, 1.54) is 28.6 Å². The number of carbonyl (C=O) groups is 4. The molecule has 1 aliphatic rings. The summed E-state index contributed by atoms with van der Waals surface area (Å²) >= 11 is 5.82. The zero-order chi connectivity index (χ0) is 29.8. The summed E-state index contributed by atoms with van der Waals surface area (Å²) in [5.41, 5.74) is 2.74. The fourth-order valence-corrected chi connectivity index (χ4v) is 5.14. The Bertz CT molecular complexity index is 1670. The minimum Gasteiger partial charge on any atom is -0.350 e. The van der Waals surface area contributed by atoms with E-state index in [1.54, 1.807) is 24.3 Å². The number of Topliss-reactive ketones (excluding diaryl/α,β-unsaturated/α-hetero) is 2. The molecule has 1 heterocycles. The second kappa shape index (κ2) is 12.7. The number of hydrogen-bond donors (Lipinski definition) is 1. The van der Waals surface area contributed by atoms with Crippen LogP contribution in [0, 0.1) is 5.82 Å². The summed E-state index contributed by atoms with van der Waals surface area (Å²) in [4.78, 5) is 52.7. The summed E-state index contributed by atoms with van der Waals surface area (Å²) in [6.45, 7) is 1.01. The quantitative estimate of drug-likeness (QED) is 0.242. The molecule has 0 atom stereocenters. The van der Waals surface area contributed by atoms with E-state index < -0.39 is 11.7 Å². The van der Waals surface area contributed by atoms with E-state index in [4.69, 9.17) is 11.6 Å². The first-order valence-corrected chi connectivity index (χ1v) is 14.1. The number of benzene rings is 3. The predicted octanol–water partition coefficient (Wildman–Crippen LogP) is 4.69. The number of ketones is 2. The van der Waals surface area contributed by atoms with Gasteiger partial charge in [0.25, 0.3) is 0 Å². The first-order chi connectivity index (χ1) is 20.2. The summed E-state index contributed by atoms with van der Waals surface area (Å²) < 4.78 is 15.7. The zero-order valence-electron chi connectivity index (χ0n) is 23.1. The smallest absolute Gasteiger partial charge is 0.245 e. The molecule has 0 bridgehead atoms. The van der Waals surface area contributed by atoms with Crippen LogP contribution in [-0.2, 0) is 40.3 Å². The van der Waals surface area contributed by atoms with Crippen molar-refractivity contribution in [2.24, 2.45) is 0 Å². The molecule has 216 valence electrons. The minimum absolute atomic E-state index is 0.0289. The Balaban J connectivity index is 1.28. The Morgan fingerprint density at radius 3 is 2.45 bits per heavy atom. The van der Waals surface area contributed by atoms with Gasteiger partial charge in [-0.1, -0.05) is 60.1 Å². The fourth-order valence-electron chi connectivity index (χ4n) is 4.95. The van der Waals surface area contributed by atoms with E-state index in [0.29, 0.717) is 17.3 Å². The molecule has 0 saturated heterocycles. The van der Waals surface area contributed by atoms with Crippen LogP contribution in [0.15, 0.2) is 66.7 Å². The molecule has 0 aliphatic heterocycles. The molecule has 1 fully saturated rings. The van der Waals surface area contributed by atoms with Gasteiger partial charge >= 0.3 is 0 Å². The lowest BCUT2D eigenvalue weighted by molar-refractivity contribution is -0.137. The molecule has 0 unspecified atom stereocenters. The van der Waals surface area contributed by atoms with Crippen molar-refractivity contribution < 1.29 is 23.6 Å². The van der Waals surface area contributed by atoms with E-state index in [9.17, 15) is 23.6 Å². The number of halogens is 2. The van der Waals surface area contributed by atoms with Gasteiger partial charge in [-0.15, -0.1) is 0 Å². The third-order valence-corrected chi connectivity index (χ3v) is 7.50. The number of hydrogen-bond acceptors (Lipinski definition) is 5. The maximum Gasteiger partial charge on any atom is 0.245 e. The number of fused-ring (bicyclic) bond motifs is 1. The van der Waals surface area contributed by atoms with Gasteiger partial charge in [0.15, 0.2) is 5.78 Å². The number of nitrogens with zero attached hydrogens (tertiary/aromatic N) is 3. The summed E-state index contributed by atoms with van der Waals surface area (Å²) in [5.74, 6) is -1.54. The number of amides is 2. The summed E-state index contributed by atoms with van der Waals surface area (Å²) in [7, 11) is 0. The van der Waals surface area contributed by atoms with Crippen molar-refractivity contribution in [3.05, 3.63) is 100.0 Å². The van der Waals surface area contributed by atoms with Gasteiger partial charge in [0.2, 0.25) is 11.8 Å². The molecule has 1 aromatic heterocycles. The molecule has 1 aliphatic carbocycles. The van der Waals surface area contributed by atoms with Crippen LogP contribution in [-0.4, -0.2) is 50.6 Å². The molecular formula is C32H30ClFN4O4. The van der Waals surface area contributed by atoms with Gasteiger partial charge in [-0.3, -0.25) is 23.9 Å². The Morgan fingerprint density at radius 2 is 1.74 bits per heavy atom. The molecule has 1 saturated carbocycles. The number of rotatable bonds is 12.